The number of halogens is 1. The first-order valence-electron chi connectivity index (χ1n) is 10.2. The first kappa shape index (κ1) is 23.3. The number of hydrogen-bond donors (Lipinski definition) is 2. The van der Waals surface area contributed by atoms with Crippen LogP contribution >= 0.6 is 23.4 Å². The number of carbonyl (C=O) groups excluding carboxylic acids is 2. The summed E-state index contributed by atoms with van der Waals surface area (Å²) in [6.45, 7) is 5.26. The number of nitrogens with one attached hydrogen (secondary N) is 2. The first-order valence-corrected chi connectivity index (χ1v) is 11.4. The van der Waals surface area contributed by atoms with Gasteiger partial charge in [0.05, 0.1) is 24.7 Å². The van der Waals surface area contributed by atoms with Crippen molar-refractivity contribution < 1.29 is 19.1 Å². The zero-order chi connectivity index (χ0) is 22.4. The highest BCUT2D eigenvalue weighted by molar-refractivity contribution is 8.01. The lowest BCUT2D eigenvalue weighted by atomic mass is 10.1. The van der Waals surface area contributed by atoms with Crippen molar-refractivity contribution >= 4 is 40.9 Å². The minimum absolute atomic E-state index is 0.0894. The van der Waals surface area contributed by atoms with E-state index >= 15 is 0 Å². The van der Waals surface area contributed by atoms with Crippen molar-refractivity contribution in [3.63, 3.8) is 0 Å². The molecule has 31 heavy (non-hydrogen) atoms. The van der Waals surface area contributed by atoms with Crippen molar-refractivity contribution in [2.24, 2.45) is 5.92 Å². The van der Waals surface area contributed by atoms with Crippen molar-refractivity contribution in [1.82, 2.24) is 5.32 Å². The molecule has 0 radical (unpaired) electrons. The van der Waals surface area contributed by atoms with Gasteiger partial charge in [0, 0.05) is 22.9 Å². The van der Waals surface area contributed by atoms with E-state index in [4.69, 9.17) is 21.1 Å². The Balaban J connectivity index is 1.53. The van der Waals surface area contributed by atoms with Gasteiger partial charge in [-0.1, -0.05) is 31.5 Å². The molecule has 0 bridgehead atoms. The van der Waals surface area contributed by atoms with E-state index in [0.29, 0.717) is 41.3 Å². The molecule has 0 saturated carbocycles. The molecule has 0 spiro atoms. The highest BCUT2D eigenvalue weighted by atomic mass is 35.5. The van der Waals surface area contributed by atoms with Crippen LogP contribution in [0.15, 0.2) is 41.3 Å². The highest BCUT2D eigenvalue weighted by Crippen LogP contribution is 2.38. The summed E-state index contributed by atoms with van der Waals surface area (Å²) in [6, 6.07) is 10.9. The molecule has 166 valence electrons. The monoisotopic (exact) mass is 462 g/mol. The molecule has 0 fully saturated rings. The molecule has 2 amide bonds. The van der Waals surface area contributed by atoms with Gasteiger partial charge in [-0.3, -0.25) is 9.59 Å². The first-order chi connectivity index (χ1) is 14.9. The van der Waals surface area contributed by atoms with E-state index in [9.17, 15) is 9.59 Å². The van der Waals surface area contributed by atoms with Gasteiger partial charge in [0.1, 0.15) is 0 Å². The summed E-state index contributed by atoms with van der Waals surface area (Å²) >= 11 is 7.35. The van der Waals surface area contributed by atoms with Crippen LogP contribution in [0, 0.1) is 5.92 Å². The number of thioether (sulfide) groups is 1. The third kappa shape index (κ3) is 6.55. The van der Waals surface area contributed by atoms with Crippen LogP contribution < -0.4 is 20.1 Å². The van der Waals surface area contributed by atoms with Crippen LogP contribution in [0.4, 0.5) is 5.69 Å². The van der Waals surface area contributed by atoms with Crippen LogP contribution in [0.3, 0.4) is 0 Å². The second-order valence-electron chi connectivity index (χ2n) is 7.73. The Labute approximate surface area is 192 Å². The molecule has 1 heterocycles. The second-order valence-corrected chi connectivity index (χ2v) is 9.41. The minimum Gasteiger partial charge on any atom is -0.493 e. The summed E-state index contributed by atoms with van der Waals surface area (Å²) in [5.41, 5.74) is 1.57. The van der Waals surface area contributed by atoms with Gasteiger partial charge in [0.2, 0.25) is 11.8 Å². The smallest absolute Gasteiger partial charge is 0.238 e. The van der Waals surface area contributed by atoms with Crippen molar-refractivity contribution in [1.29, 1.82) is 0 Å². The zero-order valence-corrected chi connectivity index (χ0v) is 19.4. The van der Waals surface area contributed by atoms with Gasteiger partial charge < -0.3 is 20.1 Å². The van der Waals surface area contributed by atoms with Gasteiger partial charge in [0.15, 0.2) is 11.5 Å². The molecule has 0 aliphatic carbocycles. The summed E-state index contributed by atoms with van der Waals surface area (Å²) in [6.07, 6.45) is 1.05. The summed E-state index contributed by atoms with van der Waals surface area (Å²) in [4.78, 5) is 25.7. The van der Waals surface area contributed by atoms with E-state index in [-0.39, 0.29) is 18.2 Å². The van der Waals surface area contributed by atoms with Crippen LogP contribution in [0.2, 0.25) is 5.02 Å². The van der Waals surface area contributed by atoms with Crippen molar-refractivity contribution in [2.75, 3.05) is 19.0 Å². The Bertz CT molecular complexity index is 951. The normalized spacial score (nSPS) is 15.3. The zero-order valence-electron chi connectivity index (χ0n) is 17.9. The minimum atomic E-state index is -0.486. The van der Waals surface area contributed by atoms with Gasteiger partial charge >= 0.3 is 0 Å². The summed E-state index contributed by atoms with van der Waals surface area (Å²) in [7, 11) is 1.59. The summed E-state index contributed by atoms with van der Waals surface area (Å²) in [5.74, 6) is 1.50. The molecule has 2 aromatic carbocycles. The standard InChI is InChI=1S/C23H27ClN2O4S/c1-14(2)8-9-30-18-6-4-15(10-19(18)29-3)13-25-22(27)12-21-23(28)26-17-11-16(24)5-7-20(17)31-21/h4-7,10-11,14,21H,8-9,12-13H2,1-3H3,(H,25,27)(H,26,28). The number of methoxy groups -OCH3 is 1. The molecule has 6 nitrogen and oxygen atoms in total. The Morgan fingerprint density at radius 1 is 1.23 bits per heavy atom. The Kier molecular flexibility index (Phi) is 8.09. The molecule has 1 unspecified atom stereocenters. The van der Waals surface area contributed by atoms with Crippen LogP contribution in [0.25, 0.3) is 0 Å². The number of carbonyl (C=O) groups is 2. The Hall–Kier alpha value is -2.38. The van der Waals surface area contributed by atoms with Gasteiger partial charge in [-0.05, 0) is 48.2 Å². The number of hydrogen-bond acceptors (Lipinski definition) is 5. The predicted octanol–water partition coefficient (Wildman–Crippen LogP) is 4.89. The number of benzene rings is 2. The van der Waals surface area contributed by atoms with Gasteiger partial charge in [-0.25, -0.2) is 0 Å². The van der Waals surface area contributed by atoms with Crippen molar-refractivity contribution in [2.45, 2.75) is 43.4 Å². The summed E-state index contributed by atoms with van der Waals surface area (Å²) in [5, 5.41) is 5.77. The SMILES string of the molecule is COc1cc(CNC(=O)CC2Sc3ccc(Cl)cc3NC2=O)ccc1OCCC(C)C. The molecule has 0 aromatic heterocycles. The van der Waals surface area contributed by atoms with E-state index in [0.717, 1.165) is 16.9 Å². The number of fused-ring (bicyclic) bond motifs is 1. The van der Waals surface area contributed by atoms with Gasteiger partial charge in [0.25, 0.3) is 0 Å². The molecule has 1 aliphatic heterocycles. The molecule has 2 N–H and O–H groups in total. The van der Waals surface area contributed by atoms with Crippen LogP contribution in [0.1, 0.15) is 32.3 Å². The predicted molar refractivity (Wildman–Crippen MR) is 124 cm³/mol. The molecule has 8 heteroatoms. The number of anilines is 1. The quantitative estimate of drug-likeness (QED) is 0.554. The average Bonchev–Trinajstić information content (AvgIpc) is 2.73. The van der Waals surface area contributed by atoms with Crippen molar-refractivity contribution in [3.05, 3.63) is 47.0 Å². The summed E-state index contributed by atoms with van der Waals surface area (Å²) < 4.78 is 11.2. The maximum absolute atomic E-state index is 12.4. The number of ether oxygens (including phenoxy) is 2. The van der Waals surface area contributed by atoms with E-state index in [1.165, 1.54) is 11.8 Å². The van der Waals surface area contributed by atoms with E-state index in [2.05, 4.69) is 24.5 Å². The van der Waals surface area contributed by atoms with E-state index < -0.39 is 5.25 Å². The lowest BCUT2D eigenvalue weighted by Gasteiger charge is -2.23. The molecular weight excluding hydrogens is 436 g/mol. The van der Waals surface area contributed by atoms with Crippen LogP contribution in [0.5, 0.6) is 11.5 Å². The molecule has 0 saturated heterocycles. The van der Waals surface area contributed by atoms with E-state index in [1.807, 2.05) is 24.3 Å². The maximum Gasteiger partial charge on any atom is 0.238 e. The van der Waals surface area contributed by atoms with E-state index in [1.54, 1.807) is 19.2 Å². The van der Waals surface area contributed by atoms with Crippen LogP contribution in [-0.4, -0.2) is 30.8 Å². The third-order valence-electron chi connectivity index (χ3n) is 4.80. The van der Waals surface area contributed by atoms with Gasteiger partial charge in [-0.15, -0.1) is 11.8 Å². The maximum atomic E-state index is 12.4. The highest BCUT2D eigenvalue weighted by Gasteiger charge is 2.29. The molecule has 1 aliphatic rings. The number of rotatable bonds is 9. The van der Waals surface area contributed by atoms with Crippen molar-refractivity contribution in [3.8, 4) is 11.5 Å². The molecule has 3 rings (SSSR count). The lowest BCUT2D eigenvalue weighted by Crippen LogP contribution is -2.34. The fourth-order valence-electron chi connectivity index (χ4n) is 3.04. The Morgan fingerprint density at radius 3 is 2.77 bits per heavy atom. The lowest BCUT2D eigenvalue weighted by molar-refractivity contribution is -0.124. The molecule has 2 aromatic rings. The molecular formula is C23H27ClN2O4S. The third-order valence-corrected chi connectivity index (χ3v) is 6.31. The fourth-order valence-corrected chi connectivity index (χ4v) is 4.31. The fraction of sp³-hybridized carbons (Fsp3) is 0.391. The Morgan fingerprint density at radius 2 is 2.03 bits per heavy atom. The second kappa shape index (κ2) is 10.8. The largest absolute Gasteiger partial charge is 0.493 e. The van der Waals surface area contributed by atoms with Crippen LogP contribution in [-0.2, 0) is 16.1 Å². The molecule has 1 atom stereocenters. The topological polar surface area (TPSA) is 76.7 Å². The number of amides is 2. The van der Waals surface area contributed by atoms with Gasteiger partial charge in [-0.2, -0.15) is 0 Å². The average molecular weight is 463 g/mol.